The summed E-state index contributed by atoms with van der Waals surface area (Å²) in [6.45, 7) is 3.29. The van der Waals surface area contributed by atoms with Gasteiger partial charge in [-0.25, -0.2) is 0 Å². The van der Waals surface area contributed by atoms with Crippen molar-refractivity contribution in [1.29, 1.82) is 0 Å². The lowest BCUT2D eigenvalue weighted by molar-refractivity contribution is 0.371. The fourth-order valence-electron chi connectivity index (χ4n) is 0.848. The van der Waals surface area contributed by atoms with Crippen LogP contribution in [0.5, 0.6) is 23.0 Å². The summed E-state index contributed by atoms with van der Waals surface area (Å²) in [7, 11) is 0. The first kappa shape index (κ1) is 8.26. The minimum Gasteiger partial charge on any atom is -0.504 e. The van der Waals surface area contributed by atoms with Gasteiger partial charge in [-0.15, -0.1) is 0 Å². The Hall–Kier alpha value is -1.84. The van der Waals surface area contributed by atoms with Crippen LogP contribution in [0.2, 0.25) is 0 Å². The third-order valence-electron chi connectivity index (χ3n) is 1.47. The summed E-state index contributed by atoms with van der Waals surface area (Å²) in [4.78, 5) is 0. The molecule has 0 aliphatic rings. The molecule has 12 heavy (non-hydrogen) atoms. The first-order chi connectivity index (χ1) is 5.57. The van der Waals surface area contributed by atoms with E-state index in [9.17, 15) is 0 Å². The highest BCUT2D eigenvalue weighted by Gasteiger charge is 2.13. The third kappa shape index (κ3) is 1.03. The highest BCUT2D eigenvalue weighted by molar-refractivity contribution is 5.70. The molecule has 0 amide bonds. The van der Waals surface area contributed by atoms with Gasteiger partial charge in [-0.05, 0) is 0 Å². The molecule has 0 aliphatic heterocycles. The third-order valence-corrected chi connectivity index (χ3v) is 1.47. The van der Waals surface area contributed by atoms with Gasteiger partial charge in [0, 0.05) is 6.07 Å². The topological polar surface area (TPSA) is 80.9 Å². The maximum atomic E-state index is 9.11. The van der Waals surface area contributed by atoms with Gasteiger partial charge in [0.05, 0.1) is 5.56 Å². The Morgan fingerprint density at radius 1 is 1.00 bits per heavy atom. The van der Waals surface area contributed by atoms with Crippen molar-refractivity contribution in [3.05, 3.63) is 18.2 Å². The molecule has 0 atom stereocenters. The molecule has 4 heteroatoms. The van der Waals surface area contributed by atoms with E-state index in [4.69, 9.17) is 20.4 Å². The molecule has 0 bridgehead atoms. The molecule has 1 aromatic rings. The average molecular weight is 168 g/mol. The molecule has 4 nitrogen and oxygen atoms in total. The van der Waals surface area contributed by atoms with Gasteiger partial charge in [0.15, 0.2) is 23.0 Å². The number of benzene rings is 1. The van der Waals surface area contributed by atoms with E-state index in [-0.39, 0.29) is 5.56 Å². The van der Waals surface area contributed by atoms with E-state index < -0.39 is 23.0 Å². The Bertz CT molecular complexity index is 304. The van der Waals surface area contributed by atoms with Crippen molar-refractivity contribution >= 4 is 6.08 Å². The van der Waals surface area contributed by atoms with E-state index in [0.29, 0.717) is 0 Å². The van der Waals surface area contributed by atoms with Crippen LogP contribution in [0.4, 0.5) is 0 Å². The maximum Gasteiger partial charge on any atom is 0.168 e. The second kappa shape index (κ2) is 2.65. The van der Waals surface area contributed by atoms with E-state index in [1.807, 2.05) is 0 Å². The SMILES string of the molecule is C=Cc1c(O)c(O)cc(O)c1O. The Kier molecular flexibility index (Phi) is 1.83. The highest BCUT2D eigenvalue weighted by atomic mass is 16.3. The first-order valence-electron chi connectivity index (χ1n) is 3.17. The Morgan fingerprint density at radius 2 is 1.42 bits per heavy atom. The molecule has 4 N–H and O–H groups in total. The lowest BCUT2D eigenvalue weighted by Gasteiger charge is -2.05. The van der Waals surface area contributed by atoms with E-state index in [1.54, 1.807) is 0 Å². The molecule has 1 rings (SSSR count). The van der Waals surface area contributed by atoms with Crippen LogP contribution < -0.4 is 0 Å². The van der Waals surface area contributed by atoms with Crippen LogP contribution in [0.15, 0.2) is 12.6 Å². The van der Waals surface area contributed by atoms with E-state index in [2.05, 4.69) is 6.58 Å². The van der Waals surface area contributed by atoms with Crippen LogP contribution in [0.25, 0.3) is 6.08 Å². The molecule has 0 heterocycles. The highest BCUT2D eigenvalue weighted by Crippen LogP contribution is 2.42. The summed E-state index contributed by atoms with van der Waals surface area (Å²) >= 11 is 0. The van der Waals surface area contributed by atoms with E-state index in [0.717, 1.165) is 12.1 Å². The fraction of sp³-hybridized carbons (Fsp3) is 0. The lowest BCUT2D eigenvalue weighted by Crippen LogP contribution is -1.78. The van der Waals surface area contributed by atoms with E-state index >= 15 is 0 Å². The number of phenols is 4. The van der Waals surface area contributed by atoms with Gasteiger partial charge in [-0.1, -0.05) is 12.7 Å². The van der Waals surface area contributed by atoms with E-state index in [1.165, 1.54) is 0 Å². The summed E-state index contributed by atoms with van der Waals surface area (Å²) in [6.07, 6.45) is 1.13. The van der Waals surface area contributed by atoms with Crippen LogP contribution in [0.1, 0.15) is 5.56 Å². The minimum absolute atomic E-state index is 0.0903. The molecule has 0 aliphatic carbocycles. The number of aromatic hydroxyl groups is 4. The fourth-order valence-corrected chi connectivity index (χ4v) is 0.848. The smallest absolute Gasteiger partial charge is 0.168 e. The van der Waals surface area contributed by atoms with Gasteiger partial charge in [0.2, 0.25) is 0 Å². The summed E-state index contributed by atoms with van der Waals surface area (Å²) < 4.78 is 0. The number of hydrogen-bond acceptors (Lipinski definition) is 4. The summed E-state index contributed by atoms with van der Waals surface area (Å²) in [5.41, 5.74) is -0.0903. The van der Waals surface area contributed by atoms with Gasteiger partial charge in [-0.3, -0.25) is 0 Å². The van der Waals surface area contributed by atoms with Crippen LogP contribution >= 0.6 is 0 Å². The van der Waals surface area contributed by atoms with Crippen molar-refractivity contribution in [3.8, 4) is 23.0 Å². The summed E-state index contributed by atoms with van der Waals surface area (Å²) in [5, 5.41) is 36.2. The Labute approximate surface area is 68.6 Å². The number of phenolic OH excluding ortho intramolecular Hbond substituents is 4. The van der Waals surface area contributed by atoms with Gasteiger partial charge in [0.25, 0.3) is 0 Å². The predicted octanol–water partition coefficient (Wildman–Crippen LogP) is 1.15. The quantitative estimate of drug-likeness (QED) is 0.374. The minimum atomic E-state index is -0.500. The second-order valence-electron chi connectivity index (χ2n) is 2.23. The molecule has 64 valence electrons. The van der Waals surface area contributed by atoms with Crippen LogP contribution in [-0.4, -0.2) is 20.4 Å². The molecule has 0 spiro atoms. The van der Waals surface area contributed by atoms with Gasteiger partial charge < -0.3 is 20.4 Å². The Morgan fingerprint density at radius 3 is 1.75 bits per heavy atom. The molecule has 0 fully saturated rings. The van der Waals surface area contributed by atoms with Crippen molar-refractivity contribution in [2.24, 2.45) is 0 Å². The molecule has 0 saturated carbocycles. The zero-order chi connectivity index (χ0) is 9.30. The lowest BCUT2D eigenvalue weighted by atomic mass is 10.1. The van der Waals surface area contributed by atoms with Crippen molar-refractivity contribution in [1.82, 2.24) is 0 Å². The van der Waals surface area contributed by atoms with Crippen LogP contribution in [0, 0.1) is 0 Å². The molecular weight excluding hydrogens is 160 g/mol. The second-order valence-corrected chi connectivity index (χ2v) is 2.23. The van der Waals surface area contributed by atoms with Crippen molar-refractivity contribution in [3.63, 3.8) is 0 Å². The Balaban J connectivity index is 3.52. The monoisotopic (exact) mass is 168 g/mol. The van der Waals surface area contributed by atoms with Crippen molar-refractivity contribution < 1.29 is 20.4 Å². The predicted molar refractivity (Wildman–Crippen MR) is 43.2 cm³/mol. The largest absolute Gasteiger partial charge is 0.504 e. The standard InChI is InChI=1S/C8H8O4/c1-2-4-7(11)5(9)3-6(10)8(4)12/h2-3,9-12H,1H2. The summed E-state index contributed by atoms with van der Waals surface area (Å²) in [6, 6.07) is 0.845. The normalized spacial score (nSPS) is 9.67. The zero-order valence-electron chi connectivity index (χ0n) is 6.15. The van der Waals surface area contributed by atoms with Gasteiger partial charge in [-0.2, -0.15) is 0 Å². The van der Waals surface area contributed by atoms with Crippen molar-refractivity contribution in [2.45, 2.75) is 0 Å². The molecular formula is C8H8O4. The van der Waals surface area contributed by atoms with Crippen molar-refractivity contribution in [2.75, 3.05) is 0 Å². The number of rotatable bonds is 1. The number of hydrogen-bond donors (Lipinski definition) is 4. The molecule has 1 aromatic carbocycles. The summed E-state index contributed by atoms with van der Waals surface area (Å²) in [5.74, 6) is -2.00. The zero-order valence-corrected chi connectivity index (χ0v) is 6.15. The molecule has 0 saturated heterocycles. The van der Waals surface area contributed by atoms with Gasteiger partial charge >= 0.3 is 0 Å². The average Bonchev–Trinajstić information content (AvgIpc) is 2.02. The maximum absolute atomic E-state index is 9.11. The molecule has 0 radical (unpaired) electrons. The van der Waals surface area contributed by atoms with Crippen LogP contribution in [0.3, 0.4) is 0 Å². The first-order valence-corrected chi connectivity index (χ1v) is 3.17. The van der Waals surface area contributed by atoms with Gasteiger partial charge in [0.1, 0.15) is 0 Å². The van der Waals surface area contributed by atoms with Crippen LogP contribution in [-0.2, 0) is 0 Å². The molecule has 0 aromatic heterocycles. The molecule has 0 unspecified atom stereocenters.